The second-order valence-electron chi connectivity index (χ2n) is 6.15. The molecule has 8 nitrogen and oxygen atoms in total. The van der Waals surface area contributed by atoms with E-state index in [1.807, 2.05) is 39.9 Å². The van der Waals surface area contributed by atoms with Gasteiger partial charge < -0.3 is 14.3 Å². The highest BCUT2D eigenvalue weighted by Gasteiger charge is 2.36. The molecule has 1 aliphatic rings. The lowest BCUT2D eigenvalue weighted by Gasteiger charge is -2.22. The maximum absolute atomic E-state index is 13.0. The van der Waals surface area contributed by atoms with Crippen LogP contribution in [0.15, 0.2) is 4.52 Å². The number of carbonyl (C=O) groups is 1. The SMILES string of the molecule is Cc1nn(C)c(C)c1C(=O)N1CCC[C@H]1c1nc(N(C)C)no1. The minimum absolute atomic E-state index is 0.0137. The van der Waals surface area contributed by atoms with Crippen molar-refractivity contribution < 1.29 is 9.32 Å². The zero-order valence-electron chi connectivity index (χ0n) is 14.2. The molecule has 1 aliphatic heterocycles. The van der Waals surface area contributed by atoms with Crippen LogP contribution in [0.2, 0.25) is 0 Å². The molecule has 8 heteroatoms. The molecule has 3 rings (SSSR count). The fourth-order valence-electron chi connectivity index (χ4n) is 3.04. The first-order valence-corrected chi connectivity index (χ1v) is 7.72. The first-order valence-electron chi connectivity index (χ1n) is 7.72. The quantitative estimate of drug-likeness (QED) is 0.852. The summed E-state index contributed by atoms with van der Waals surface area (Å²) in [5, 5.41) is 8.29. The van der Waals surface area contributed by atoms with Crippen LogP contribution in [0.4, 0.5) is 5.95 Å². The van der Waals surface area contributed by atoms with Gasteiger partial charge in [-0.25, -0.2) is 0 Å². The lowest BCUT2D eigenvalue weighted by atomic mass is 10.1. The molecule has 3 heterocycles. The van der Waals surface area contributed by atoms with Gasteiger partial charge in [0.25, 0.3) is 17.7 Å². The highest BCUT2D eigenvalue weighted by molar-refractivity contribution is 5.96. The summed E-state index contributed by atoms with van der Waals surface area (Å²) in [6.45, 7) is 4.47. The van der Waals surface area contributed by atoms with Gasteiger partial charge in [0.05, 0.1) is 11.3 Å². The Balaban J connectivity index is 1.90. The van der Waals surface area contributed by atoms with Crippen LogP contribution >= 0.6 is 0 Å². The van der Waals surface area contributed by atoms with E-state index in [2.05, 4.69) is 15.2 Å². The van der Waals surface area contributed by atoms with Gasteiger partial charge in [-0.2, -0.15) is 10.1 Å². The Hall–Kier alpha value is -2.38. The zero-order chi connectivity index (χ0) is 16.7. The summed E-state index contributed by atoms with van der Waals surface area (Å²) in [6.07, 6.45) is 1.76. The topological polar surface area (TPSA) is 80.3 Å². The maximum atomic E-state index is 13.0. The van der Waals surface area contributed by atoms with Crippen LogP contribution in [0.1, 0.15) is 46.5 Å². The second-order valence-corrected chi connectivity index (χ2v) is 6.15. The van der Waals surface area contributed by atoms with Crippen LogP contribution in [0.5, 0.6) is 0 Å². The van der Waals surface area contributed by atoms with E-state index in [1.165, 1.54) is 0 Å². The average Bonchev–Trinajstić information content (AvgIpc) is 3.19. The number of nitrogens with zero attached hydrogens (tertiary/aromatic N) is 6. The molecule has 0 N–H and O–H groups in total. The molecule has 23 heavy (non-hydrogen) atoms. The maximum Gasteiger partial charge on any atom is 0.265 e. The molecule has 0 aromatic carbocycles. The molecule has 2 aromatic heterocycles. The Morgan fingerprint density at radius 3 is 2.65 bits per heavy atom. The van der Waals surface area contributed by atoms with Crippen molar-refractivity contribution in [3.63, 3.8) is 0 Å². The first kappa shape index (κ1) is 15.5. The van der Waals surface area contributed by atoms with Gasteiger partial charge >= 0.3 is 0 Å². The Labute approximate surface area is 135 Å². The molecule has 1 atom stereocenters. The van der Waals surface area contributed by atoms with Crippen molar-refractivity contribution >= 4 is 11.9 Å². The van der Waals surface area contributed by atoms with Crippen molar-refractivity contribution in [2.45, 2.75) is 32.7 Å². The summed E-state index contributed by atoms with van der Waals surface area (Å²) in [5.74, 6) is 1.01. The van der Waals surface area contributed by atoms with Gasteiger partial charge in [-0.3, -0.25) is 9.48 Å². The second kappa shape index (κ2) is 5.68. The lowest BCUT2D eigenvalue weighted by Crippen LogP contribution is -2.31. The lowest BCUT2D eigenvalue weighted by molar-refractivity contribution is 0.0708. The molecule has 0 spiro atoms. The van der Waals surface area contributed by atoms with Crippen LogP contribution in [0, 0.1) is 13.8 Å². The van der Waals surface area contributed by atoms with Gasteiger partial charge in [-0.15, -0.1) is 0 Å². The predicted molar refractivity (Wildman–Crippen MR) is 84.3 cm³/mol. The fourth-order valence-corrected chi connectivity index (χ4v) is 3.04. The standard InChI is InChI=1S/C15H22N6O2/c1-9-12(10(2)20(5)17-9)14(22)21-8-6-7-11(21)13-16-15(18-23-13)19(3)4/h11H,6-8H2,1-5H3/t11-/m0/s1. The largest absolute Gasteiger partial charge is 0.344 e. The first-order chi connectivity index (χ1) is 10.9. The van der Waals surface area contributed by atoms with E-state index < -0.39 is 0 Å². The number of hydrogen-bond donors (Lipinski definition) is 0. The van der Waals surface area contributed by atoms with Gasteiger partial charge in [0.1, 0.15) is 6.04 Å². The van der Waals surface area contributed by atoms with Crippen molar-refractivity contribution in [3.8, 4) is 0 Å². The number of carbonyl (C=O) groups excluding carboxylic acids is 1. The summed E-state index contributed by atoms with van der Waals surface area (Å²) >= 11 is 0. The molecular formula is C15H22N6O2. The Morgan fingerprint density at radius 1 is 1.35 bits per heavy atom. The molecule has 0 aliphatic carbocycles. The van der Waals surface area contributed by atoms with Crippen LogP contribution in [-0.2, 0) is 7.05 Å². The molecule has 1 fully saturated rings. The van der Waals surface area contributed by atoms with E-state index in [0.29, 0.717) is 23.9 Å². The molecule has 0 bridgehead atoms. The van der Waals surface area contributed by atoms with Gasteiger partial charge in [0, 0.05) is 33.4 Å². The van der Waals surface area contributed by atoms with Crippen LogP contribution in [0.3, 0.4) is 0 Å². The third kappa shape index (κ3) is 2.58. The summed E-state index contributed by atoms with van der Waals surface area (Å²) in [7, 11) is 5.56. The number of anilines is 1. The summed E-state index contributed by atoms with van der Waals surface area (Å²) in [6, 6.07) is -0.164. The monoisotopic (exact) mass is 318 g/mol. The molecule has 1 amide bonds. The molecule has 0 saturated carbocycles. The van der Waals surface area contributed by atoms with Crippen LogP contribution in [-0.4, -0.2) is 51.4 Å². The van der Waals surface area contributed by atoms with Gasteiger partial charge in [0.15, 0.2) is 0 Å². The smallest absolute Gasteiger partial charge is 0.265 e. The van der Waals surface area contributed by atoms with E-state index in [-0.39, 0.29) is 11.9 Å². The van der Waals surface area contributed by atoms with Crippen LogP contribution in [0.25, 0.3) is 0 Å². The third-order valence-electron chi connectivity index (χ3n) is 4.35. The minimum atomic E-state index is -0.164. The average molecular weight is 318 g/mol. The zero-order valence-corrected chi connectivity index (χ0v) is 14.2. The third-order valence-corrected chi connectivity index (χ3v) is 4.35. The fraction of sp³-hybridized carbons (Fsp3) is 0.600. The van der Waals surface area contributed by atoms with Crippen molar-refractivity contribution in [1.29, 1.82) is 0 Å². The highest BCUT2D eigenvalue weighted by atomic mass is 16.5. The van der Waals surface area contributed by atoms with Gasteiger partial charge in [0.2, 0.25) is 0 Å². The Kier molecular flexibility index (Phi) is 3.83. The molecule has 0 unspecified atom stereocenters. The number of aryl methyl sites for hydroxylation is 2. The van der Waals surface area contributed by atoms with Crippen LogP contribution < -0.4 is 4.90 Å². The summed E-state index contributed by atoms with van der Waals surface area (Å²) in [5.41, 5.74) is 2.30. The molecule has 1 saturated heterocycles. The van der Waals surface area contributed by atoms with E-state index >= 15 is 0 Å². The van der Waals surface area contributed by atoms with Crippen molar-refractivity contribution in [3.05, 3.63) is 22.8 Å². The number of hydrogen-bond acceptors (Lipinski definition) is 6. The highest BCUT2D eigenvalue weighted by Crippen LogP contribution is 2.33. The summed E-state index contributed by atoms with van der Waals surface area (Å²) < 4.78 is 7.11. The number of likely N-dealkylation sites (tertiary alicyclic amines) is 1. The normalized spacial score (nSPS) is 17.8. The van der Waals surface area contributed by atoms with Crippen molar-refractivity contribution in [2.75, 3.05) is 25.5 Å². The molecule has 2 aromatic rings. The summed E-state index contributed by atoms with van der Waals surface area (Å²) in [4.78, 5) is 21.0. The van der Waals surface area contributed by atoms with E-state index in [4.69, 9.17) is 4.52 Å². The predicted octanol–water partition coefficient (Wildman–Crippen LogP) is 1.46. The van der Waals surface area contributed by atoms with E-state index in [9.17, 15) is 4.79 Å². The Bertz CT molecular complexity index is 732. The van der Waals surface area contributed by atoms with E-state index in [1.54, 1.807) is 9.58 Å². The van der Waals surface area contributed by atoms with Crippen molar-refractivity contribution in [1.82, 2.24) is 24.8 Å². The van der Waals surface area contributed by atoms with Crippen molar-refractivity contribution in [2.24, 2.45) is 7.05 Å². The van der Waals surface area contributed by atoms with Gasteiger partial charge in [-0.1, -0.05) is 0 Å². The minimum Gasteiger partial charge on any atom is -0.344 e. The molecule has 0 radical (unpaired) electrons. The van der Waals surface area contributed by atoms with Gasteiger partial charge in [-0.05, 0) is 31.8 Å². The molecular weight excluding hydrogens is 296 g/mol. The number of amides is 1. The Morgan fingerprint density at radius 2 is 2.09 bits per heavy atom. The number of aromatic nitrogens is 4. The van der Waals surface area contributed by atoms with E-state index in [0.717, 1.165) is 24.2 Å². The number of rotatable bonds is 3. The molecule has 124 valence electrons.